The molecule has 27 heavy (non-hydrogen) atoms. The van der Waals surface area contributed by atoms with Gasteiger partial charge in [-0.2, -0.15) is 0 Å². The first-order chi connectivity index (χ1) is 13.2. The average Bonchev–Trinajstić information content (AvgIpc) is 3.17. The van der Waals surface area contributed by atoms with E-state index in [0.717, 1.165) is 5.56 Å². The molecule has 0 aliphatic carbocycles. The molecule has 0 radical (unpaired) electrons. The molecule has 3 aromatic rings. The van der Waals surface area contributed by atoms with Crippen molar-refractivity contribution in [2.45, 2.75) is 12.1 Å². The molecular weight excluding hydrogens is 364 g/mol. The first-order valence-corrected chi connectivity index (χ1v) is 9.28. The van der Waals surface area contributed by atoms with Gasteiger partial charge in [0.1, 0.15) is 0 Å². The number of carbonyl (C=O) groups excluding carboxylic acids is 2. The van der Waals surface area contributed by atoms with Crippen molar-refractivity contribution < 1.29 is 9.59 Å². The lowest BCUT2D eigenvalue weighted by atomic mass is 10.2. The van der Waals surface area contributed by atoms with Crippen LogP contribution in [0.15, 0.2) is 53.9 Å². The maximum atomic E-state index is 12.2. The third kappa shape index (κ3) is 5.14. The summed E-state index contributed by atoms with van der Waals surface area (Å²) in [6.07, 6.45) is 3.35. The molecule has 0 saturated heterocycles. The highest BCUT2D eigenvalue weighted by molar-refractivity contribution is 7.99. The molecule has 0 fully saturated rings. The van der Waals surface area contributed by atoms with Gasteiger partial charge in [-0.1, -0.05) is 17.8 Å². The van der Waals surface area contributed by atoms with Crippen LogP contribution in [0.1, 0.15) is 17.3 Å². The highest BCUT2D eigenvalue weighted by Crippen LogP contribution is 2.19. The van der Waals surface area contributed by atoms with E-state index in [9.17, 15) is 9.59 Å². The van der Waals surface area contributed by atoms with E-state index in [4.69, 9.17) is 0 Å². The fourth-order valence-electron chi connectivity index (χ4n) is 2.28. The Kier molecular flexibility index (Phi) is 6.16. The third-order valence-corrected chi connectivity index (χ3v) is 4.34. The maximum absolute atomic E-state index is 12.2. The predicted octanol–water partition coefficient (Wildman–Crippen LogP) is 2.35. The summed E-state index contributed by atoms with van der Waals surface area (Å²) in [5.74, 6) is 0.393. The molecule has 138 valence electrons. The first kappa shape index (κ1) is 18.6. The minimum atomic E-state index is -0.205. The first-order valence-electron chi connectivity index (χ1n) is 8.29. The molecule has 0 unspecified atom stereocenters. The largest absolute Gasteiger partial charge is 0.352 e. The topological polar surface area (TPSA) is 113 Å². The van der Waals surface area contributed by atoms with Crippen molar-refractivity contribution in [1.29, 1.82) is 0 Å². The van der Waals surface area contributed by atoms with Crippen LogP contribution in [-0.2, 0) is 4.79 Å². The van der Waals surface area contributed by atoms with Crippen molar-refractivity contribution in [2.75, 3.05) is 17.6 Å². The second-order valence-corrected chi connectivity index (χ2v) is 6.42. The van der Waals surface area contributed by atoms with E-state index < -0.39 is 0 Å². The highest BCUT2D eigenvalue weighted by Gasteiger charge is 2.10. The van der Waals surface area contributed by atoms with Gasteiger partial charge in [-0.25, -0.2) is 4.98 Å². The summed E-state index contributed by atoms with van der Waals surface area (Å²) in [6, 6.07) is 10.4. The fraction of sp³-hybridized carbons (Fsp3) is 0.167. The van der Waals surface area contributed by atoms with E-state index in [2.05, 4.69) is 30.8 Å². The van der Waals surface area contributed by atoms with Crippen molar-refractivity contribution >= 4 is 29.3 Å². The molecule has 0 spiro atoms. The number of hydrogen-bond acceptors (Lipinski definition) is 6. The molecule has 0 saturated carbocycles. The van der Waals surface area contributed by atoms with Gasteiger partial charge in [-0.15, -0.1) is 5.10 Å². The van der Waals surface area contributed by atoms with E-state index in [1.54, 1.807) is 36.7 Å². The number of nitrogens with one attached hydrogen (secondary N) is 3. The van der Waals surface area contributed by atoms with Gasteiger partial charge in [0.2, 0.25) is 11.1 Å². The summed E-state index contributed by atoms with van der Waals surface area (Å²) in [5, 5.41) is 12.9. The zero-order chi connectivity index (χ0) is 19.1. The average molecular weight is 382 g/mol. The second kappa shape index (κ2) is 8.95. The molecule has 3 rings (SSSR count). The second-order valence-electron chi connectivity index (χ2n) is 5.48. The zero-order valence-electron chi connectivity index (χ0n) is 14.6. The van der Waals surface area contributed by atoms with Gasteiger partial charge in [-0.3, -0.25) is 19.7 Å². The molecule has 0 aliphatic rings. The van der Waals surface area contributed by atoms with E-state index in [1.807, 2.05) is 19.1 Å². The zero-order valence-corrected chi connectivity index (χ0v) is 15.4. The standard InChI is InChI=1S/C18H18N6O2S/c1-2-20-17(26)13-4-3-5-14(10-13)21-15(25)11-27-18-22-16(23-24-18)12-6-8-19-9-7-12/h3-10H,2,11H2,1H3,(H,20,26)(H,21,25)(H,22,23,24). The van der Waals surface area contributed by atoms with Crippen LogP contribution in [0.25, 0.3) is 11.4 Å². The molecule has 0 bridgehead atoms. The Morgan fingerprint density at radius 2 is 2.00 bits per heavy atom. The van der Waals surface area contributed by atoms with Crippen LogP contribution >= 0.6 is 11.8 Å². The Morgan fingerprint density at radius 1 is 1.19 bits per heavy atom. The number of hydrogen-bond donors (Lipinski definition) is 3. The Morgan fingerprint density at radius 3 is 2.78 bits per heavy atom. The number of H-pyrrole nitrogens is 1. The van der Waals surface area contributed by atoms with Crippen LogP contribution in [0, 0.1) is 0 Å². The van der Waals surface area contributed by atoms with Crippen LogP contribution in [0.2, 0.25) is 0 Å². The fourth-order valence-corrected chi connectivity index (χ4v) is 2.88. The number of amides is 2. The van der Waals surface area contributed by atoms with E-state index in [0.29, 0.717) is 28.8 Å². The van der Waals surface area contributed by atoms with Crippen LogP contribution in [0.5, 0.6) is 0 Å². The Bertz CT molecular complexity index is 928. The number of carbonyl (C=O) groups is 2. The number of aromatic amines is 1. The van der Waals surface area contributed by atoms with Gasteiger partial charge in [-0.05, 0) is 37.3 Å². The quantitative estimate of drug-likeness (QED) is 0.541. The lowest BCUT2D eigenvalue weighted by Crippen LogP contribution is -2.23. The highest BCUT2D eigenvalue weighted by atomic mass is 32.2. The summed E-state index contributed by atoms with van der Waals surface area (Å²) in [4.78, 5) is 32.3. The van der Waals surface area contributed by atoms with Crippen molar-refractivity contribution in [2.24, 2.45) is 0 Å². The number of rotatable bonds is 7. The summed E-state index contributed by atoms with van der Waals surface area (Å²) in [5.41, 5.74) is 1.94. The summed E-state index contributed by atoms with van der Waals surface area (Å²) >= 11 is 1.22. The van der Waals surface area contributed by atoms with E-state index in [1.165, 1.54) is 11.8 Å². The molecule has 9 heteroatoms. The van der Waals surface area contributed by atoms with Gasteiger partial charge in [0, 0.05) is 35.8 Å². The maximum Gasteiger partial charge on any atom is 0.251 e. The molecule has 0 atom stereocenters. The van der Waals surface area contributed by atoms with Gasteiger partial charge in [0.05, 0.1) is 5.75 Å². The number of pyridine rings is 1. The van der Waals surface area contributed by atoms with Crippen molar-refractivity contribution in [3.8, 4) is 11.4 Å². The van der Waals surface area contributed by atoms with Crippen molar-refractivity contribution in [3.05, 3.63) is 54.4 Å². The van der Waals surface area contributed by atoms with Crippen LogP contribution in [0.3, 0.4) is 0 Å². The number of anilines is 1. The SMILES string of the molecule is CCNC(=O)c1cccc(NC(=O)CSc2n[nH]c(-c3ccncc3)n2)c1. The number of aromatic nitrogens is 4. The number of nitrogens with zero attached hydrogens (tertiary/aromatic N) is 3. The van der Waals surface area contributed by atoms with Gasteiger partial charge >= 0.3 is 0 Å². The normalized spacial score (nSPS) is 10.4. The molecule has 2 heterocycles. The predicted molar refractivity (Wildman–Crippen MR) is 103 cm³/mol. The molecule has 8 nitrogen and oxygen atoms in total. The van der Waals surface area contributed by atoms with Gasteiger partial charge in [0.15, 0.2) is 5.82 Å². The molecule has 2 amide bonds. The van der Waals surface area contributed by atoms with Crippen LogP contribution in [-0.4, -0.2) is 44.3 Å². The van der Waals surface area contributed by atoms with Crippen molar-refractivity contribution in [3.63, 3.8) is 0 Å². The van der Waals surface area contributed by atoms with Crippen LogP contribution < -0.4 is 10.6 Å². The summed E-state index contributed by atoms with van der Waals surface area (Å²) in [6.45, 7) is 2.40. The van der Waals surface area contributed by atoms with E-state index in [-0.39, 0.29) is 17.6 Å². The molecular formula is C18H18N6O2S. The molecule has 3 N–H and O–H groups in total. The summed E-state index contributed by atoms with van der Waals surface area (Å²) < 4.78 is 0. The van der Waals surface area contributed by atoms with Crippen molar-refractivity contribution in [1.82, 2.24) is 25.5 Å². The molecule has 0 aliphatic heterocycles. The molecule has 1 aromatic carbocycles. The third-order valence-electron chi connectivity index (χ3n) is 3.50. The number of thioether (sulfide) groups is 1. The minimum absolute atomic E-state index is 0.152. The summed E-state index contributed by atoms with van der Waals surface area (Å²) in [7, 11) is 0. The van der Waals surface area contributed by atoms with E-state index >= 15 is 0 Å². The Balaban J connectivity index is 1.55. The monoisotopic (exact) mass is 382 g/mol. The Hall–Kier alpha value is -3.20. The number of benzene rings is 1. The lowest BCUT2D eigenvalue weighted by molar-refractivity contribution is -0.113. The minimum Gasteiger partial charge on any atom is -0.352 e. The lowest BCUT2D eigenvalue weighted by Gasteiger charge is -2.07. The smallest absolute Gasteiger partial charge is 0.251 e. The van der Waals surface area contributed by atoms with Gasteiger partial charge < -0.3 is 10.6 Å². The molecule has 2 aromatic heterocycles. The van der Waals surface area contributed by atoms with Crippen LogP contribution in [0.4, 0.5) is 5.69 Å². The van der Waals surface area contributed by atoms with Gasteiger partial charge in [0.25, 0.3) is 5.91 Å². The Labute approximate surface area is 160 Å².